The van der Waals surface area contributed by atoms with E-state index in [-0.39, 0.29) is 4.90 Å². The molecule has 0 radical (unpaired) electrons. The van der Waals surface area contributed by atoms with Gasteiger partial charge in [-0.3, -0.25) is 0 Å². The van der Waals surface area contributed by atoms with Crippen LogP contribution in [-0.4, -0.2) is 11.8 Å². The van der Waals surface area contributed by atoms with Crippen LogP contribution in [0.3, 0.4) is 0 Å². The fourth-order valence-electron chi connectivity index (χ4n) is 2.45. The van der Waals surface area contributed by atoms with Crippen LogP contribution in [0.1, 0.15) is 44.6 Å². The number of hydrogen-bond donors (Lipinski definition) is 1. The van der Waals surface area contributed by atoms with Gasteiger partial charge in [0.2, 0.25) is 0 Å². The standard InChI is InChI=1S/C15H21F2NS/c1-2-18-10-11-8-13(16)15(14(17)9-11)19-12-6-4-3-5-7-12/h8-9,12,18H,2-7,10H2,1H3. The van der Waals surface area contributed by atoms with E-state index in [1.54, 1.807) is 0 Å². The first-order valence-corrected chi connectivity index (χ1v) is 7.94. The van der Waals surface area contributed by atoms with Gasteiger partial charge < -0.3 is 5.32 Å². The average molecular weight is 285 g/mol. The summed E-state index contributed by atoms with van der Waals surface area (Å²) in [4.78, 5) is 0.201. The Balaban J connectivity index is 2.07. The van der Waals surface area contributed by atoms with Gasteiger partial charge in [0.15, 0.2) is 0 Å². The van der Waals surface area contributed by atoms with Crippen LogP contribution in [0.15, 0.2) is 17.0 Å². The monoisotopic (exact) mass is 285 g/mol. The first-order valence-electron chi connectivity index (χ1n) is 7.06. The predicted molar refractivity (Wildman–Crippen MR) is 76.5 cm³/mol. The first-order chi connectivity index (χ1) is 9.20. The quantitative estimate of drug-likeness (QED) is 0.855. The molecule has 0 aromatic heterocycles. The topological polar surface area (TPSA) is 12.0 Å². The Morgan fingerprint density at radius 1 is 1.16 bits per heavy atom. The van der Waals surface area contributed by atoms with Crippen LogP contribution in [0.5, 0.6) is 0 Å². The third-order valence-corrected chi connectivity index (χ3v) is 4.90. The van der Waals surface area contributed by atoms with Gasteiger partial charge in [0.05, 0.1) is 4.90 Å². The molecule has 2 rings (SSSR count). The van der Waals surface area contributed by atoms with Crippen molar-refractivity contribution >= 4 is 11.8 Å². The molecule has 1 fully saturated rings. The predicted octanol–water partition coefficient (Wildman–Crippen LogP) is 4.50. The second kappa shape index (κ2) is 7.25. The van der Waals surface area contributed by atoms with Crippen molar-refractivity contribution in [3.63, 3.8) is 0 Å². The lowest BCUT2D eigenvalue weighted by atomic mass is 10.0. The maximum absolute atomic E-state index is 14.0. The highest BCUT2D eigenvalue weighted by Gasteiger charge is 2.19. The van der Waals surface area contributed by atoms with E-state index in [1.807, 2.05) is 6.92 Å². The van der Waals surface area contributed by atoms with Gasteiger partial charge in [-0.25, -0.2) is 8.78 Å². The highest BCUT2D eigenvalue weighted by Crippen LogP contribution is 2.36. The van der Waals surface area contributed by atoms with E-state index in [9.17, 15) is 8.78 Å². The largest absolute Gasteiger partial charge is 0.313 e. The summed E-state index contributed by atoms with van der Waals surface area (Å²) in [5.41, 5.74) is 0.671. The molecule has 1 aromatic rings. The molecule has 0 amide bonds. The van der Waals surface area contributed by atoms with Gasteiger partial charge in [-0.05, 0) is 37.1 Å². The summed E-state index contributed by atoms with van der Waals surface area (Å²) < 4.78 is 28.0. The van der Waals surface area contributed by atoms with E-state index in [2.05, 4.69) is 5.32 Å². The summed E-state index contributed by atoms with van der Waals surface area (Å²) >= 11 is 1.38. The zero-order chi connectivity index (χ0) is 13.7. The molecule has 106 valence electrons. The van der Waals surface area contributed by atoms with Crippen LogP contribution in [0, 0.1) is 11.6 Å². The highest BCUT2D eigenvalue weighted by molar-refractivity contribution is 8.00. The third-order valence-electron chi connectivity index (χ3n) is 3.47. The van der Waals surface area contributed by atoms with Crippen LogP contribution in [-0.2, 0) is 6.54 Å². The Labute approximate surface area is 118 Å². The molecular weight excluding hydrogens is 264 g/mol. The summed E-state index contributed by atoms with van der Waals surface area (Å²) in [6.07, 6.45) is 5.76. The molecule has 0 spiro atoms. The van der Waals surface area contributed by atoms with Crippen LogP contribution in [0.4, 0.5) is 8.78 Å². The van der Waals surface area contributed by atoms with E-state index in [4.69, 9.17) is 0 Å². The second-order valence-electron chi connectivity index (χ2n) is 5.05. The molecule has 0 saturated heterocycles. The lowest BCUT2D eigenvalue weighted by Crippen LogP contribution is -2.13. The van der Waals surface area contributed by atoms with E-state index in [0.29, 0.717) is 17.4 Å². The second-order valence-corrected chi connectivity index (χ2v) is 6.36. The van der Waals surface area contributed by atoms with Crippen LogP contribution in [0.2, 0.25) is 0 Å². The molecule has 1 saturated carbocycles. The van der Waals surface area contributed by atoms with Crippen molar-refractivity contribution in [3.8, 4) is 0 Å². The van der Waals surface area contributed by atoms with Gasteiger partial charge in [0, 0.05) is 11.8 Å². The van der Waals surface area contributed by atoms with E-state index in [0.717, 1.165) is 19.4 Å². The van der Waals surface area contributed by atoms with Gasteiger partial charge in [-0.1, -0.05) is 26.2 Å². The fraction of sp³-hybridized carbons (Fsp3) is 0.600. The van der Waals surface area contributed by atoms with Crippen LogP contribution in [0.25, 0.3) is 0 Å². The summed E-state index contributed by atoms with van der Waals surface area (Å²) in [6.45, 7) is 3.28. The highest BCUT2D eigenvalue weighted by atomic mass is 32.2. The van der Waals surface area contributed by atoms with Gasteiger partial charge in [-0.15, -0.1) is 11.8 Å². The molecule has 0 aliphatic heterocycles. The van der Waals surface area contributed by atoms with Gasteiger partial charge in [-0.2, -0.15) is 0 Å². The van der Waals surface area contributed by atoms with Crippen molar-refractivity contribution in [2.45, 2.75) is 55.7 Å². The molecule has 4 heteroatoms. The van der Waals surface area contributed by atoms with Crippen molar-refractivity contribution in [2.75, 3.05) is 6.54 Å². The Morgan fingerprint density at radius 2 is 1.79 bits per heavy atom. The Morgan fingerprint density at radius 3 is 2.37 bits per heavy atom. The van der Waals surface area contributed by atoms with Crippen molar-refractivity contribution in [1.82, 2.24) is 5.32 Å². The summed E-state index contributed by atoms with van der Waals surface area (Å²) in [6, 6.07) is 2.91. The molecule has 0 atom stereocenters. The molecule has 1 aliphatic carbocycles. The Kier molecular flexibility index (Phi) is 5.64. The zero-order valence-electron chi connectivity index (χ0n) is 11.3. The van der Waals surface area contributed by atoms with Crippen molar-refractivity contribution in [1.29, 1.82) is 0 Å². The maximum atomic E-state index is 14.0. The maximum Gasteiger partial charge on any atom is 0.140 e. The van der Waals surface area contributed by atoms with Crippen LogP contribution < -0.4 is 5.32 Å². The van der Waals surface area contributed by atoms with Crippen LogP contribution >= 0.6 is 11.8 Å². The summed E-state index contributed by atoms with van der Waals surface area (Å²) in [7, 11) is 0. The number of halogens is 2. The summed E-state index contributed by atoms with van der Waals surface area (Å²) in [5, 5.41) is 3.45. The smallest absolute Gasteiger partial charge is 0.140 e. The third kappa shape index (κ3) is 4.18. The molecular formula is C15H21F2NS. The average Bonchev–Trinajstić information content (AvgIpc) is 2.42. The molecule has 1 nitrogen and oxygen atoms in total. The van der Waals surface area contributed by atoms with Crippen molar-refractivity contribution in [2.24, 2.45) is 0 Å². The normalized spacial score (nSPS) is 16.8. The molecule has 0 heterocycles. The molecule has 1 N–H and O–H groups in total. The van der Waals surface area contributed by atoms with Gasteiger partial charge in [0.1, 0.15) is 11.6 Å². The van der Waals surface area contributed by atoms with E-state index in [1.165, 1.54) is 43.2 Å². The molecule has 19 heavy (non-hydrogen) atoms. The van der Waals surface area contributed by atoms with Gasteiger partial charge in [0.25, 0.3) is 0 Å². The number of benzene rings is 1. The molecule has 0 unspecified atom stereocenters. The fourth-order valence-corrected chi connectivity index (χ4v) is 3.69. The van der Waals surface area contributed by atoms with E-state index >= 15 is 0 Å². The SMILES string of the molecule is CCNCc1cc(F)c(SC2CCCCC2)c(F)c1. The molecule has 1 aromatic carbocycles. The lowest BCUT2D eigenvalue weighted by molar-refractivity contribution is 0.508. The van der Waals surface area contributed by atoms with Gasteiger partial charge >= 0.3 is 0 Å². The Bertz CT molecular complexity index is 394. The molecule has 0 bridgehead atoms. The summed E-state index contributed by atoms with van der Waals surface area (Å²) in [5.74, 6) is -0.827. The Hall–Kier alpha value is -0.610. The number of rotatable bonds is 5. The first kappa shape index (κ1) is 14.8. The minimum atomic E-state index is -0.413. The number of hydrogen-bond acceptors (Lipinski definition) is 2. The van der Waals surface area contributed by atoms with E-state index < -0.39 is 11.6 Å². The van der Waals surface area contributed by atoms with Crippen molar-refractivity contribution in [3.05, 3.63) is 29.3 Å². The minimum Gasteiger partial charge on any atom is -0.313 e. The lowest BCUT2D eigenvalue weighted by Gasteiger charge is -2.21. The zero-order valence-corrected chi connectivity index (χ0v) is 12.2. The van der Waals surface area contributed by atoms with Crippen molar-refractivity contribution < 1.29 is 8.78 Å². The number of thioether (sulfide) groups is 1. The minimum absolute atomic E-state index is 0.201. The number of nitrogens with one attached hydrogen (secondary N) is 1. The molecule has 1 aliphatic rings.